The van der Waals surface area contributed by atoms with Crippen LogP contribution in [0.25, 0.3) is 0 Å². The number of piperazine rings is 1. The van der Waals surface area contributed by atoms with E-state index in [0.29, 0.717) is 36.6 Å². The van der Waals surface area contributed by atoms with E-state index in [4.69, 9.17) is 14.3 Å². The summed E-state index contributed by atoms with van der Waals surface area (Å²) in [6.07, 6.45) is 4.68. The molecule has 1 aromatic heterocycles. The van der Waals surface area contributed by atoms with E-state index in [9.17, 15) is 4.79 Å². The maximum Gasteiger partial charge on any atom is 0.338 e. The lowest BCUT2D eigenvalue weighted by Crippen LogP contribution is -2.44. The number of pyridine rings is 1. The van der Waals surface area contributed by atoms with E-state index >= 15 is 0 Å². The quantitative estimate of drug-likeness (QED) is 0.335. The molecule has 1 aromatic carbocycles. The molecule has 34 heavy (non-hydrogen) atoms. The molecule has 2 aliphatic rings. The Morgan fingerprint density at radius 2 is 2.03 bits per heavy atom. The Bertz CT molecular complexity index is 982. The Morgan fingerprint density at radius 1 is 1.18 bits per heavy atom. The summed E-state index contributed by atoms with van der Waals surface area (Å²) in [5, 5.41) is 4.47. The molecule has 2 aliphatic heterocycles. The number of carbonyl (C=O) groups excluding carboxylic acids is 1. The number of esters is 1. The number of nitrogens with zero attached hydrogens (tertiary/aromatic N) is 4. The summed E-state index contributed by atoms with van der Waals surface area (Å²) in [5.74, 6) is -0.376. The Balaban J connectivity index is 1.57. The molecule has 2 fully saturated rings. The van der Waals surface area contributed by atoms with Crippen LogP contribution in [0.15, 0.2) is 47.8 Å². The van der Waals surface area contributed by atoms with E-state index in [1.165, 1.54) is 5.69 Å². The van der Waals surface area contributed by atoms with E-state index in [1.54, 1.807) is 25.3 Å². The van der Waals surface area contributed by atoms with Crippen molar-refractivity contribution < 1.29 is 19.1 Å². The van der Waals surface area contributed by atoms with E-state index in [2.05, 4.69) is 51.3 Å². The molecule has 2 saturated heterocycles. The molecule has 0 amide bonds. The Morgan fingerprint density at radius 3 is 2.79 bits per heavy atom. The summed E-state index contributed by atoms with van der Waals surface area (Å²) in [4.78, 5) is 27.3. The minimum atomic E-state index is -0.376. The number of benzene rings is 1. The summed E-state index contributed by atoms with van der Waals surface area (Å²) in [6, 6.07) is 11.9. The summed E-state index contributed by atoms with van der Waals surface area (Å²) < 4.78 is 10.8. The monoisotopic (exact) mass is 466 g/mol. The van der Waals surface area contributed by atoms with Gasteiger partial charge < -0.3 is 24.1 Å². The highest BCUT2D eigenvalue weighted by atomic mass is 16.8. The van der Waals surface area contributed by atoms with E-state index in [0.717, 1.165) is 51.0 Å². The van der Waals surface area contributed by atoms with Crippen molar-refractivity contribution in [3.63, 3.8) is 0 Å². The topological polar surface area (TPSA) is 76.5 Å². The molecule has 0 bridgehead atoms. The first-order valence-corrected chi connectivity index (χ1v) is 12.1. The maximum absolute atomic E-state index is 12.3. The number of oxime groups is 1. The van der Waals surface area contributed by atoms with E-state index < -0.39 is 0 Å². The number of carbonyl (C=O) groups is 1. The number of aromatic nitrogens is 1. The Hall–Kier alpha value is -2.97. The number of likely N-dealkylation sites (N-methyl/N-ethyl adjacent to an activating group) is 1. The lowest BCUT2D eigenvalue weighted by Gasteiger charge is -2.34. The minimum Gasteiger partial charge on any atom is -0.462 e. The number of rotatable bonds is 8. The number of anilines is 1. The van der Waals surface area contributed by atoms with Gasteiger partial charge in [-0.2, -0.15) is 0 Å². The SMILES string of the molecule is CCOC(=O)c1ccnc(/C(Cc2cccc(N3CCN(C)CC3)c2)=N/OC2CCCCO2)c1. The van der Waals surface area contributed by atoms with Gasteiger partial charge in [0.15, 0.2) is 0 Å². The zero-order chi connectivity index (χ0) is 23.8. The van der Waals surface area contributed by atoms with Crippen molar-refractivity contribution in [2.75, 3.05) is 51.3 Å². The highest BCUT2D eigenvalue weighted by Gasteiger charge is 2.19. The van der Waals surface area contributed by atoms with Gasteiger partial charge in [-0.3, -0.25) is 4.98 Å². The molecule has 2 aromatic rings. The highest BCUT2D eigenvalue weighted by molar-refractivity contribution is 6.02. The van der Waals surface area contributed by atoms with Crippen LogP contribution in [-0.2, 0) is 20.7 Å². The lowest BCUT2D eigenvalue weighted by molar-refractivity contribution is -0.162. The lowest BCUT2D eigenvalue weighted by atomic mass is 10.0. The van der Waals surface area contributed by atoms with Crippen molar-refractivity contribution >= 4 is 17.4 Å². The van der Waals surface area contributed by atoms with Crippen LogP contribution < -0.4 is 4.90 Å². The molecule has 0 N–H and O–H groups in total. The predicted octanol–water partition coefficient (Wildman–Crippen LogP) is 3.50. The van der Waals surface area contributed by atoms with Crippen molar-refractivity contribution in [2.24, 2.45) is 5.16 Å². The molecule has 0 aliphatic carbocycles. The van der Waals surface area contributed by atoms with Crippen LogP contribution in [0.5, 0.6) is 0 Å². The summed E-state index contributed by atoms with van der Waals surface area (Å²) in [6.45, 7) is 6.90. The second-order valence-corrected chi connectivity index (χ2v) is 8.73. The molecule has 3 heterocycles. The van der Waals surface area contributed by atoms with Gasteiger partial charge in [-0.15, -0.1) is 0 Å². The molecule has 1 unspecified atom stereocenters. The number of ether oxygens (including phenoxy) is 2. The van der Waals surface area contributed by atoms with Crippen LogP contribution in [0.3, 0.4) is 0 Å². The van der Waals surface area contributed by atoms with Gasteiger partial charge in [0.05, 0.1) is 24.5 Å². The van der Waals surface area contributed by atoms with Gasteiger partial charge in [0, 0.05) is 50.9 Å². The highest BCUT2D eigenvalue weighted by Crippen LogP contribution is 2.20. The smallest absolute Gasteiger partial charge is 0.338 e. The zero-order valence-corrected chi connectivity index (χ0v) is 20.1. The van der Waals surface area contributed by atoms with Crippen molar-refractivity contribution in [1.29, 1.82) is 0 Å². The summed E-state index contributed by atoms with van der Waals surface area (Å²) in [7, 11) is 2.16. The third-order valence-electron chi connectivity index (χ3n) is 6.14. The average molecular weight is 467 g/mol. The van der Waals surface area contributed by atoms with Crippen LogP contribution in [0.1, 0.15) is 47.8 Å². The molecule has 182 valence electrons. The maximum atomic E-state index is 12.3. The largest absolute Gasteiger partial charge is 0.462 e. The van der Waals surface area contributed by atoms with Gasteiger partial charge in [-0.25, -0.2) is 4.79 Å². The van der Waals surface area contributed by atoms with Crippen LogP contribution >= 0.6 is 0 Å². The van der Waals surface area contributed by atoms with Crippen LogP contribution in [0, 0.1) is 0 Å². The third-order valence-corrected chi connectivity index (χ3v) is 6.14. The summed E-state index contributed by atoms with van der Waals surface area (Å²) in [5.41, 5.74) is 3.99. The predicted molar refractivity (Wildman–Crippen MR) is 131 cm³/mol. The molecule has 0 spiro atoms. The Labute approximate surface area is 201 Å². The van der Waals surface area contributed by atoms with E-state index in [-0.39, 0.29) is 12.3 Å². The molecular formula is C26H34N4O4. The molecule has 8 heteroatoms. The summed E-state index contributed by atoms with van der Waals surface area (Å²) >= 11 is 0. The van der Waals surface area contributed by atoms with Crippen LogP contribution in [-0.4, -0.2) is 74.3 Å². The first-order valence-electron chi connectivity index (χ1n) is 12.1. The van der Waals surface area contributed by atoms with E-state index in [1.807, 2.05) is 0 Å². The third kappa shape index (κ3) is 6.55. The van der Waals surface area contributed by atoms with Crippen molar-refractivity contribution in [1.82, 2.24) is 9.88 Å². The standard InChI is InChI=1S/C26H34N4O4/c1-3-32-26(31)21-10-11-27-23(19-21)24(28-34-25-9-4-5-16-33-25)18-20-7-6-8-22(17-20)30-14-12-29(2)13-15-30/h6-8,10-11,17,19,25H,3-5,9,12-16,18H2,1-2H3/b28-24+. The van der Waals surface area contributed by atoms with Crippen molar-refractivity contribution in [3.05, 3.63) is 59.4 Å². The molecule has 0 radical (unpaired) electrons. The fourth-order valence-electron chi connectivity index (χ4n) is 4.14. The fourth-order valence-corrected chi connectivity index (χ4v) is 4.14. The second kappa shape index (κ2) is 11.9. The second-order valence-electron chi connectivity index (χ2n) is 8.73. The van der Waals surface area contributed by atoms with Gasteiger partial charge in [-0.1, -0.05) is 17.3 Å². The fraction of sp³-hybridized carbons (Fsp3) is 0.500. The molecule has 0 saturated carbocycles. The van der Waals surface area contributed by atoms with Crippen molar-refractivity contribution in [3.8, 4) is 0 Å². The molecule has 4 rings (SSSR count). The van der Waals surface area contributed by atoms with Crippen LogP contribution in [0.2, 0.25) is 0 Å². The van der Waals surface area contributed by atoms with Gasteiger partial charge >= 0.3 is 5.97 Å². The molecule has 8 nitrogen and oxygen atoms in total. The molecule has 1 atom stereocenters. The minimum absolute atomic E-state index is 0.318. The van der Waals surface area contributed by atoms with Crippen LogP contribution in [0.4, 0.5) is 5.69 Å². The number of hydrogen-bond acceptors (Lipinski definition) is 8. The average Bonchev–Trinajstić information content (AvgIpc) is 2.88. The zero-order valence-electron chi connectivity index (χ0n) is 20.1. The normalized spacial score (nSPS) is 19.6. The molecular weight excluding hydrogens is 432 g/mol. The van der Waals surface area contributed by atoms with Gasteiger partial charge in [0.1, 0.15) is 5.71 Å². The first kappa shape index (κ1) is 24.2. The Kier molecular flexibility index (Phi) is 8.49. The number of hydrogen-bond donors (Lipinski definition) is 0. The van der Waals surface area contributed by atoms with Gasteiger partial charge in [0.2, 0.25) is 6.29 Å². The first-order chi connectivity index (χ1) is 16.6. The van der Waals surface area contributed by atoms with Crippen molar-refractivity contribution in [2.45, 2.75) is 38.9 Å². The van der Waals surface area contributed by atoms with Gasteiger partial charge in [-0.05, 0) is 56.6 Å². The van der Waals surface area contributed by atoms with Gasteiger partial charge in [0.25, 0.3) is 0 Å².